The van der Waals surface area contributed by atoms with E-state index in [0.717, 1.165) is 16.8 Å². The number of benzene rings is 3. The molecule has 4 aromatic rings. The normalized spacial score (nSPS) is 11.9. The summed E-state index contributed by atoms with van der Waals surface area (Å²) in [5.41, 5.74) is 3.52. The van der Waals surface area contributed by atoms with E-state index in [2.05, 4.69) is 10.2 Å². The highest BCUT2D eigenvalue weighted by Gasteiger charge is 2.24. The first-order chi connectivity index (χ1) is 17.2. The van der Waals surface area contributed by atoms with Gasteiger partial charge in [-0.1, -0.05) is 76.4 Å². The third-order valence-electron chi connectivity index (χ3n) is 5.36. The molecular formula is C25H21Cl3N4O3S. The Balaban J connectivity index is 1.56. The summed E-state index contributed by atoms with van der Waals surface area (Å²) < 4.78 is 7.72. The number of hydrogen-bond donors (Lipinski definition) is 0. The summed E-state index contributed by atoms with van der Waals surface area (Å²) in [5, 5.41) is 21.2. The van der Waals surface area contributed by atoms with Crippen molar-refractivity contribution in [3.05, 3.63) is 108 Å². The molecule has 186 valence electrons. The van der Waals surface area contributed by atoms with Crippen LogP contribution in [0.15, 0.2) is 65.8 Å². The Kier molecular flexibility index (Phi) is 8.41. The first kappa shape index (κ1) is 26.3. The van der Waals surface area contributed by atoms with Gasteiger partial charge in [0.2, 0.25) is 6.54 Å². The molecule has 0 saturated heterocycles. The number of thioether (sulfide) groups is 1. The molecule has 3 aromatic carbocycles. The summed E-state index contributed by atoms with van der Waals surface area (Å²) in [6, 6.07) is 18.3. The molecule has 7 nitrogen and oxygen atoms in total. The first-order valence-electron chi connectivity index (χ1n) is 10.8. The number of nitrogens with zero attached hydrogens (tertiary/aromatic N) is 4. The van der Waals surface area contributed by atoms with Gasteiger partial charge in [0.25, 0.3) is 0 Å². The number of aryl methyl sites for hydroxylation is 2. The first-order valence-corrected chi connectivity index (χ1v) is 12.9. The molecule has 0 unspecified atom stereocenters. The van der Waals surface area contributed by atoms with Crippen molar-refractivity contribution in [1.82, 2.24) is 14.8 Å². The van der Waals surface area contributed by atoms with Gasteiger partial charge >= 0.3 is 0 Å². The quantitative estimate of drug-likeness (QED) is 0.119. The van der Waals surface area contributed by atoms with Crippen LogP contribution in [0.1, 0.15) is 27.8 Å². The van der Waals surface area contributed by atoms with Crippen molar-refractivity contribution in [1.29, 1.82) is 0 Å². The second kappa shape index (κ2) is 11.5. The maximum atomic E-state index is 11.5. The van der Waals surface area contributed by atoms with Crippen LogP contribution < -0.4 is 4.74 Å². The summed E-state index contributed by atoms with van der Waals surface area (Å²) in [5.74, 6) is 1.14. The van der Waals surface area contributed by atoms with Crippen molar-refractivity contribution in [3.63, 3.8) is 0 Å². The van der Waals surface area contributed by atoms with Gasteiger partial charge in [0.05, 0.1) is 15.1 Å². The topological polar surface area (TPSA) is 83.1 Å². The highest BCUT2D eigenvalue weighted by atomic mass is 35.5. The van der Waals surface area contributed by atoms with Gasteiger partial charge in [-0.25, -0.2) is 0 Å². The molecule has 0 aliphatic heterocycles. The molecule has 11 heteroatoms. The summed E-state index contributed by atoms with van der Waals surface area (Å²) in [6.07, 6.45) is 0. The van der Waals surface area contributed by atoms with E-state index in [4.69, 9.17) is 39.5 Å². The van der Waals surface area contributed by atoms with Crippen LogP contribution in [0.5, 0.6) is 5.75 Å². The third kappa shape index (κ3) is 6.31. The second-order valence-electron chi connectivity index (χ2n) is 8.05. The smallest absolute Gasteiger partial charge is 0.220 e. The van der Waals surface area contributed by atoms with Crippen LogP contribution in [0.3, 0.4) is 0 Å². The maximum absolute atomic E-state index is 11.5. The summed E-state index contributed by atoms with van der Waals surface area (Å²) in [6.45, 7) is 3.77. The fourth-order valence-corrected chi connectivity index (χ4v) is 5.24. The summed E-state index contributed by atoms with van der Waals surface area (Å²) in [7, 11) is 0. The molecule has 0 N–H and O–H groups in total. The number of ether oxygens (including phenoxy) is 1. The Hall–Kier alpha value is -2.78. The van der Waals surface area contributed by atoms with Crippen molar-refractivity contribution in [2.24, 2.45) is 0 Å². The van der Waals surface area contributed by atoms with E-state index < -0.39 is 5.25 Å². The molecule has 0 radical (unpaired) electrons. The predicted molar refractivity (Wildman–Crippen MR) is 144 cm³/mol. The average molecular weight is 564 g/mol. The Morgan fingerprint density at radius 3 is 2.39 bits per heavy atom. The number of halogens is 3. The molecule has 4 rings (SSSR count). The van der Waals surface area contributed by atoms with E-state index in [9.17, 15) is 10.1 Å². The highest BCUT2D eigenvalue weighted by Crippen LogP contribution is 2.39. The Bertz CT molecular complexity index is 1400. The second-order valence-corrected chi connectivity index (χ2v) is 10.4. The van der Waals surface area contributed by atoms with Crippen LogP contribution >= 0.6 is 46.6 Å². The van der Waals surface area contributed by atoms with Gasteiger partial charge in [-0.2, -0.15) is 0 Å². The van der Waals surface area contributed by atoms with E-state index in [0.29, 0.717) is 37.4 Å². The minimum Gasteiger partial charge on any atom is -0.487 e. The Labute approximate surface area is 227 Å². The lowest BCUT2D eigenvalue weighted by molar-refractivity contribution is -0.479. The van der Waals surface area contributed by atoms with Crippen molar-refractivity contribution < 1.29 is 9.66 Å². The van der Waals surface area contributed by atoms with Crippen LogP contribution in [0.25, 0.3) is 5.69 Å². The average Bonchev–Trinajstić information content (AvgIpc) is 3.20. The van der Waals surface area contributed by atoms with Gasteiger partial charge < -0.3 is 4.74 Å². The number of nitro groups is 1. The SMILES string of the molecule is Cc1ccc(-n2c(C)nnc2S[C@@H](C[N+](=O)[O-])c2ccc(OCc3ccc(Cl)c(Cl)c3)c(Cl)c2)cc1. The van der Waals surface area contributed by atoms with E-state index in [1.165, 1.54) is 11.8 Å². The Morgan fingerprint density at radius 2 is 1.72 bits per heavy atom. The van der Waals surface area contributed by atoms with Crippen molar-refractivity contribution in [2.45, 2.75) is 30.9 Å². The molecule has 1 heterocycles. The highest BCUT2D eigenvalue weighted by molar-refractivity contribution is 7.99. The molecule has 0 bridgehead atoms. The monoisotopic (exact) mass is 562 g/mol. The van der Waals surface area contributed by atoms with Gasteiger partial charge in [0, 0.05) is 10.6 Å². The van der Waals surface area contributed by atoms with E-state index in [-0.39, 0.29) is 18.1 Å². The van der Waals surface area contributed by atoms with Gasteiger partial charge in [-0.3, -0.25) is 14.7 Å². The lowest BCUT2D eigenvalue weighted by atomic mass is 10.1. The summed E-state index contributed by atoms with van der Waals surface area (Å²) >= 11 is 19.8. The van der Waals surface area contributed by atoms with E-state index >= 15 is 0 Å². The minimum absolute atomic E-state index is 0.238. The molecule has 0 aliphatic rings. The zero-order valence-corrected chi connectivity index (χ0v) is 22.4. The third-order valence-corrected chi connectivity index (χ3v) is 7.57. The van der Waals surface area contributed by atoms with Crippen molar-refractivity contribution in [2.75, 3.05) is 6.54 Å². The fourth-order valence-electron chi connectivity index (χ4n) is 3.51. The molecular weight excluding hydrogens is 543 g/mol. The molecule has 1 atom stereocenters. The largest absolute Gasteiger partial charge is 0.487 e. The zero-order chi connectivity index (χ0) is 25.8. The van der Waals surface area contributed by atoms with E-state index in [1.807, 2.05) is 48.7 Å². The van der Waals surface area contributed by atoms with Crippen LogP contribution in [-0.2, 0) is 6.61 Å². The molecule has 0 aliphatic carbocycles. The number of hydrogen-bond acceptors (Lipinski definition) is 6. The number of rotatable bonds is 9. The number of aromatic nitrogens is 3. The van der Waals surface area contributed by atoms with Gasteiger partial charge in [-0.05, 0) is 61.4 Å². The standard InChI is InChI=1S/C25H21Cl3N4O3S/c1-15-3-7-19(8-4-15)32-16(2)29-30-25(32)36-24(13-31(33)34)18-6-10-23(22(28)12-18)35-14-17-5-9-20(26)21(27)11-17/h3-12,24H,13-14H2,1-2H3/t24-/m0/s1. The summed E-state index contributed by atoms with van der Waals surface area (Å²) in [4.78, 5) is 11.2. The van der Waals surface area contributed by atoms with Gasteiger partial charge in [0.1, 0.15) is 23.4 Å². The molecule has 0 fully saturated rings. The van der Waals surface area contributed by atoms with Crippen LogP contribution in [-0.4, -0.2) is 26.2 Å². The zero-order valence-electron chi connectivity index (χ0n) is 19.3. The minimum atomic E-state index is -0.547. The molecule has 1 aromatic heterocycles. The van der Waals surface area contributed by atoms with E-state index in [1.54, 1.807) is 30.3 Å². The molecule has 36 heavy (non-hydrogen) atoms. The van der Waals surface area contributed by atoms with Gasteiger partial charge in [0.15, 0.2) is 5.16 Å². The maximum Gasteiger partial charge on any atom is 0.220 e. The predicted octanol–water partition coefficient (Wildman–Crippen LogP) is 7.53. The fraction of sp³-hybridized carbons (Fsp3) is 0.200. The van der Waals surface area contributed by atoms with Crippen LogP contribution in [0.4, 0.5) is 0 Å². The van der Waals surface area contributed by atoms with Crippen LogP contribution in [0.2, 0.25) is 15.1 Å². The van der Waals surface area contributed by atoms with Crippen LogP contribution in [0, 0.1) is 24.0 Å². The molecule has 0 spiro atoms. The van der Waals surface area contributed by atoms with Crippen molar-refractivity contribution >= 4 is 46.6 Å². The van der Waals surface area contributed by atoms with Gasteiger partial charge in [-0.15, -0.1) is 10.2 Å². The Morgan fingerprint density at radius 1 is 0.972 bits per heavy atom. The molecule has 0 amide bonds. The molecule has 0 saturated carbocycles. The lowest BCUT2D eigenvalue weighted by Crippen LogP contribution is -2.11. The lowest BCUT2D eigenvalue weighted by Gasteiger charge is -2.16. The van der Waals surface area contributed by atoms with Crippen molar-refractivity contribution in [3.8, 4) is 11.4 Å².